The fourth-order valence-electron chi connectivity index (χ4n) is 1.68. The summed E-state index contributed by atoms with van der Waals surface area (Å²) in [6.07, 6.45) is 1.92. The molecule has 2 rings (SSSR count). The van der Waals surface area contributed by atoms with Gasteiger partial charge in [0.05, 0.1) is 12.3 Å². The highest BCUT2D eigenvalue weighted by atomic mass is 32.2. The first kappa shape index (κ1) is 13.1. The number of carboxylic acids is 1. The van der Waals surface area contributed by atoms with Crippen LogP contribution in [0.25, 0.3) is 0 Å². The first-order valence-electron chi connectivity index (χ1n) is 5.67. The van der Waals surface area contributed by atoms with Crippen LogP contribution < -0.4 is 4.72 Å². The van der Waals surface area contributed by atoms with Crippen LogP contribution in [0.4, 0.5) is 0 Å². The number of aromatic carboxylic acids is 1. The molecule has 1 aliphatic rings. The van der Waals surface area contributed by atoms with E-state index >= 15 is 0 Å². The normalized spacial score (nSPS) is 15.8. The molecule has 1 saturated carbocycles. The number of furan rings is 1. The van der Waals surface area contributed by atoms with Crippen LogP contribution in [0.5, 0.6) is 0 Å². The summed E-state index contributed by atoms with van der Waals surface area (Å²) >= 11 is 0. The van der Waals surface area contributed by atoms with Gasteiger partial charge in [0.1, 0.15) is 17.1 Å². The molecule has 100 valence electrons. The molecule has 0 aromatic carbocycles. The maximum Gasteiger partial charge on any atom is 0.339 e. The van der Waals surface area contributed by atoms with E-state index in [1.165, 1.54) is 13.0 Å². The van der Waals surface area contributed by atoms with Gasteiger partial charge >= 0.3 is 5.97 Å². The predicted molar refractivity (Wildman–Crippen MR) is 63.8 cm³/mol. The summed E-state index contributed by atoms with van der Waals surface area (Å²) < 4.78 is 30.8. The molecule has 0 aliphatic heterocycles. The lowest BCUT2D eigenvalue weighted by atomic mass is 10.2. The summed E-state index contributed by atoms with van der Waals surface area (Å²) in [5, 5.41) is 8.84. The fourth-order valence-corrected chi connectivity index (χ4v) is 3.11. The highest BCUT2D eigenvalue weighted by Gasteiger charge is 2.28. The smallest absolute Gasteiger partial charge is 0.339 e. The van der Waals surface area contributed by atoms with Crippen LogP contribution in [-0.2, 0) is 16.6 Å². The molecular weight excluding hydrogens is 258 g/mol. The average Bonchev–Trinajstić information content (AvgIpc) is 2.96. The lowest BCUT2D eigenvalue weighted by Gasteiger charge is -2.03. The van der Waals surface area contributed by atoms with Crippen molar-refractivity contribution in [2.45, 2.75) is 26.3 Å². The van der Waals surface area contributed by atoms with Crippen molar-refractivity contribution in [2.24, 2.45) is 5.92 Å². The number of nitrogens with one attached hydrogen (secondary N) is 1. The van der Waals surface area contributed by atoms with Crippen LogP contribution in [0, 0.1) is 12.8 Å². The molecule has 0 bridgehead atoms. The maximum absolute atomic E-state index is 11.6. The highest BCUT2D eigenvalue weighted by molar-refractivity contribution is 7.89. The molecule has 1 aliphatic carbocycles. The van der Waals surface area contributed by atoms with Crippen LogP contribution in [0.2, 0.25) is 0 Å². The summed E-state index contributed by atoms with van der Waals surface area (Å²) in [6.45, 7) is 1.52. The highest BCUT2D eigenvalue weighted by Crippen LogP contribution is 2.30. The van der Waals surface area contributed by atoms with Gasteiger partial charge in [-0.25, -0.2) is 17.9 Å². The monoisotopic (exact) mass is 273 g/mol. The Labute approximate surface area is 105 Å². The number of sulfonamides is 1. The number of carbonyl (C=O) groups is 1. The van der Waals surface area contributed by atoms with E-state index in [0.717, 1.165) is 12.8 Å². The Hall–Kier alpha value is -1.34. The third-order valence-corrected chi connectivity index (χ3v) is 4.31. The van der Waals surface area contributed by atoms with Gasteiger partial charge in [-0.2, -0.15) is 0 Å². The Kier molecular flexibility index (Phi) is 3.45. The van der Waals surface area contributed by atoms with E-state index < -0.39 is 16.0 Å². The molecule has 7 heteroatoms. The van der Waals surface area contributed by atoms with E-state index in [-0.39, 0.29) is 29.5 Å². The van der Waals surface area contributed by atoms with Gasteiger partial charge < -0.3 is 9.52 Å². The number of rotatable bonds is 6. The molecule has 1 heterocycles. The Morgan fingerprint density at radius 1 is 1.56 bits per heavy atom. The second-order valence-electron chi connectivity index (χ2n) is 4.53. The minimum Gasteiger partial charge on any atom is -0.478 e. The van der Waals surface area contributed by atoms with Crippen molar-refractivity contribution in [3.63, 3.8) is 0 Å². The average molecular weight is 273 g/mol. The summed E-state index contributed by atoms with van der Waals surface area (Å²) in [4.78, 5) is 10.8. The Balaban J connectivity index is 1.97. The van der Waals surface area contributed by atoms with Gasteiger partial charge in [0.15, 0.2) is 0 Å². The molecule has 1 aromatic rings. The Bertz CT molecular complexity index is 556. The van der Waals surface area contributed by atoms with Gasteiger partial charge in [-0.1, -0.05) is 0 Å². The second-order valence-corrected chi connectivity index (χ2v) is 6.39. The molecule has 0 radical (unpaired) electrons. The van der Waals surface area contributed by atoms with Gasteiger partial charge in [-0.15, -0.1) is 0 Å². The summed E-state index contributed by atoms with van der Waals surface area (Å²) in [6, 6.07) is 1.34. The zero-order valence-electron chi connectivity index (χ0n) is 9.97. The Morgan fingerprint density at radius 3 is 2.72 bits per heavy atom. The molecule has 1 aromatic heterocycles. The zero-order valence-corrected chi connectivity index (χ0v) is 10.8. The molecule has 0 unspecified atom stereocenters. The third-order valence-electron chi connectivity index (χ3n) is 2.82. The Morgan fingerprint density at radius 2 is 2.22 bits per heavy atom. The maximum atomic E-state index is 11.6. The number of aryl methyl sites for hydroxylation is 1. The standard InChI is InChI=1S/C11H15NO5S/c1-7-10(11(13)14)4-9(17-7)5-12-18(15,16)6-8-2-3-8/h4,8,12H,2-3,5-6H2,1H3,(H,13,14). The van der Waals surface area contributed by atoms with Crippen molar-refractivity contribution in [3.8, 4) is 0 Å². The van der Waals surface area contributed by atoms with Gasteiger partial charge in [0.2, 0.25) is 10.0 Å². The van der Waals surface area contributed by atoms with Gasteiger partial charge in [0.25, 0.3) is 0 Å². The largest absolute Gasteiger partial charge is 0.478 e. The van der Waals surface area contributed by atoms with E-state index in [2.05, 4.69) is 4.72 Å². The van der Waals surface area contributed by atoms with Crippen molar-refractivity contribution in [3.05, 3.63) is 23.2 Å². The van der Waals surface area contributed by atoms with Crippen molar-refractivity contribution in [1.82, 2.24) is 4.72 Å². The molecule has 0 amide bonds. The van der Waals surface area contributed by atoms with Gasteiger partial charge in [-0.05, 0) is 31.7 Å². The van der Waals surface area contributed by atoms with E-state index in [9.17, 15) is 13.2 Å². The molecule has 2 N–H and O–H groups in total. The topological polar surface area (TPSA) is 96.6 Å². The molecule has 0 atom stereocenters. The molecule has 1 fully saturated rings. The second kappa shape index (κ2) is 4.74. The molecule has 0 spiro atoms. The SMILES string of the molecule is Cc1oc(CNS(=O)(=O)CC2CC2)cc1C(=O)O. The first-order chi connectivity index (χ1) is 8.37. The van der Waals surface area contributed by atoms with Crippen molar-refractivity contribution < 1.29 is 22.7 Å². The van der Waals surface area contributed by atoms with Crippen LogP contribution in [-0.4, -0.2) is 25.2 Å². The first-order valence-corrected chi connectivity index (χ1v) is 7.32. The van der Waals surface area contributed by atoms with Gasteiger partial charge in [-0.3, -0.25) is 0 Å². The molecule has 0 saturated heterocycles. The van der Waals surface area contributed by atoms with Crippen LogP contribution in [0.1, 0.15) is 34.7 Å². The van der Waals surface area contributed by atoms with Crippen LogP contribution in [0.15, 0.2) is 10.5 Å². The molecule has 6 nitrogen and oxygen atoms in total. The quantitative estimate of drug-likeness (QED) is 0.809. The molecule has 18 heavy (non-hydrogen) atoms. The van der Waals surface area contributed by atoms with Crippen molar-refractivity contribution in [1.29, 1.82) is 0 Å². The minimum atomic E-state index is -3.30. The van der Waals surface area contributed by atoms with Crippen LogP contribution in [0.3, 0.4) is 0 Å². The number of hydrogen-bond donors (Lipinski definition) is 2. The number of carboxylic acid groups (broad SMARTS) is 1. The zero-order chi connectivity index (χ0) is 13.3. The predicted octanol–water partition coefficient (Wildman–Crippen LogP) is 1.12. The summed E-state index contributed by atoms with van der Waals surface area (Å²) in [5.74, 6) is -0.0831. The summed E-state index contributed by atoms with van der Waals surface area (Å²) in [5.41, 5.74) is 0.0615. The van der Waals surface area contributed by atoms with Crippen molar-refractivity contribution >= 4 is 16.0 Å². The van der Waals surface area contributed by atoms with Crippen molar-refractivity contribution in [2.75, 3.05) is 5.75 Å². The van der Waals surface area contributed by atoms with E-state index in [1.54, 1.807) is 0 Å². The molecular formula is C11H15NO5S. The fraction of sp³-hybridized carbons (Fsp3) is 0.545. The van der Waals surface area contributed by atoms with E-state index in [4.69, 9.17) is 9.52 Å². The minimum absolute atomic E-state index is 0.0107. The lowest BCUT2D eigenvalue weighted by Crippen LogP contribution is -2.26. The van der Waals surface area contributed by atoms with E-state index in [0.29, 0.717) is 5.76 Å². The van der Waals surface area contributed by atoms with Crippen LogP contribution >= 0.6 is 0 Å². The summed E-state index contributed by atoms with van der Waals surface area (Å²) in [7, 11) is -3.30. The van der Waals surface area contributed by atoms with E-state index in [1.807, 2.05) is 0 Å². The number of hydrogen-bond acceptors (Lipinski definition) is 4. The lowest BCUT2D eigenvalue weighted by molar-refractivity contribution is 0.0695. The van der Waals surface area contributed by atoms with Gasteiger partial charge in [0, 0.05) is 0 Å². The third kappa shape index (κ3) is 3.33.